The normalized spacial score (nSPS) is 17.3. The van der Waals surface area contributed by atoms with Gasteiger partial charge in [-0.3, -0.25) is 4.90 Å². The van der Waals surface area contributed by atoms with Gasteiger partial charge in [0, 0.05) is 31.0 Å². The lowest BCUT2D eigenvalue weighted by atomic mass is 10.1. The van der Waals surface area contributed by atoms with Crippen molar-refractivity contribution in [3.8, 4) is 0 Å². The number of nitrogens with one attached hydrogen (secondary N) is 1. The minimum atomic E-state index is -0.0970. The molecule has 0 atom stereocenters. The van der Waals surface area contributed by atoms with Gasteiger partial charge in [-0.15, -0.1) is 0 Å². The van der Waals surface area contributed by atoms with Crippen LogP contribution >= 0.6 is 0 Å². The van der Waals surface area contributed by atoms with Gasteiger partial charge in [-0.05, 0) is 44.4 Å². The summed E-state index contributed by atoms with van der Waals surface area (Å²) in [4.78, 5) is 5.71. The molecule has 1 aromatic rings. The molecule has 0 spiro atoms. The second kappa shape index (κ2) is 8.85. The molecule has 2 rings (SSSR count). The predicted molar refractivity (Wildman–Crippen MR) is 92.3 cm³/mol. The van der Waals surface area contributed by atoms with Crippen molar-refractivity contribution in [2.75, 3.05) is 19.6 Å². The number of aryl methyl sites for hydroxylation is 1. The maximum absolute atomic E-state index is 9.51. The Labute approximate surface area is 129 Å². The summed E-state index contributed by atoms with van der Waals surface area (Å²) in [5, 5.41) is 9.51. The number of hydrogen-bond donors (Lipinski definition) is 2. The number of aliphatic hydroxyl groups excluding tert-OH is 1. The lowest BCUT2D eigenvalue weighted by Crippen LogP contribution is -2.36. The molecular weight excluding hydrogens is 260 g/mol. The maximum Gasteiger partial charge on any atom is 0.0564 e. The lowest BCUT2D eigenvalue weighted by molar-refractivity contribution is 0.0870. The van der Waals surface area contributed by atoms with Gasteiger partial charge in [0.25, 0.3) is 0 Å². The Bertz CT molecular complexity index is 466. The predicted octanol–water partition coefficient (Wildman–Crippen LogP) is 3.85. The van der Waals surface area contributed by atoms with Crippen LogP contribution in [0.2, 0.25) is 0 Å². The molecule has 3 heteroatoms. The van der Waals surface area contributed by atoms with Gasteiger partial charge < -0.3 is 10.1 Å². The van der Waals surface area contributed by atoms with Gasteiger partial charge in [0.2, 0.25) is 0 Å². The first-order valence-electron chi connectivity index (χ1n) is 7.98. The topological polar surface area (TPSA) is 39.3 Å². The summed E-state index contributed by atoms with van der Waals surface area (Å²) in [6, 6.07) is 2.15. The van der Waals surface area contributed by atoms with E-state index >= 15 is 0 Å². The van der Waals surface area contributed by atoms with Crippen LogP contribution in [0.5, 0.6) is 0 Å². The van der Waals surface area contributed by atoms with Crippen molar-refractivity contribution in [1.82, 2.24) is 9.88 Å². The van der Waals surface area contributed by atoms with Crippen LogP contribution in [0.4, 0.5) is 0 Å². The van der Waals surface area contributed by atoms with Crippen molar-refractivity contribution in [1.29, 1.82) is 0 Å². The highest BCUT2D eigenvalue weighted by atomic mass is 16.3. The number of H-pyrrole nitrogens is 1. The summed E-state index contributed by atoms with van der Waals surface area (Å²) in [7, 11) is 0. The van der Waals surface area contributed by atoms with Crippen molar-refractivity contribution in [2.45, 2.75) is 46.6 Å². The van der Waals surface area contributed by atoms with Crippen LogP contribution in [0.25, 0.3) is 12.2 Å². The SMILES string of the molecule is C=Cc1[nH]c(C)cc1/C=C(\C)CN1CCC(O)CC1.CC. The smallest absolute Gasteiger partial charge is 0.0564 e. The molecule has 2 heterocycles. The first kappa shape index (κ1) is 17.7. The van der Waals surface area contributed by atoms with Crippen molar-refractivity contribution in [3.05, 3.63) is 35.2 Å². The zero-order valence-corrected chi connectivity index (χ0v) is 13.9. The third-order valence-electron chi connectivity index (χ3n) is 3.65. The molecule has 1 fully saturated rings. The second-order valence-electron chi connectivity index (χ2n) is 5.52. The molecule has 1 aliphatic rings. The molecule has 0 bridgehead atoms. The van der Waals surface area contributed by atoms with E-state index in [9.17, 15) is 5.11 Å². The summed E-state index contributed by atoms with van der Waals surface area (Å²) in [6.07, 6.45) is 5.79. The van der Waals surface area contributed by atoms with Gasteiger partial charge >= 0.3 is 0 Å². The Morgan fingerprint density at radius 2 is 2.05 bits per heavy atom. The van der Waals surface area contributed by atoms with Crippen LogP contribution < -0.4 is 0 Å². The van der Waals surface area contributed by atoms with E-state index in [0.717, 1.165) is 43.9 Å². The Morgan fingerprint density at radius 3 is 2.62 bits per heavy atom. The minimum Gasteiger partial charge on any atom is -0.393 e. The zero-order valence-electron chi connectivity index (χ0n) is 13.9. The molecule has 0 amide bonds. The van der Waals surface area contributed by atoms with Crippen molar-refractivity contribution in [3.63, 3.8) is 0 Å². The number of aromatic nitrogens is 1. The van der Waals surface area contributed by atoms with E-state index in [1.165, 1.54) is 11.1 Å². The third kappa shape index (κ3) is 5.52. The molecule has 0 aromatic carbocycles. The van der Waals surface area contributed by atoms with Crippen molar-refractivity contribution in [2.24, 2.45) is 0 Å². The number of piperidine rings is 1. The number of hydrogen-bond acceptors (Lipinski definition) is 2. The molecule has 0 aliphatic carbocycles. The summed E-state index contributed by atoms with van der Waals surface area (Å²) in [5.74, 6) is 0. The largest absolute Gasteiger partial charge is 0.393 e. The average molecular weight is 290 g/mol. The van der Waals surface area contributed by atoms with E-state index in [1.54, 1.807) is 0 Å². The first-order valence-corrected chi connectivity index (χ1v) is 7.98. The fraction of sp³-hybridized carbons (Fsp3) is 0.556. The van der Waals surface area contributed by atoms with E-state index in [1.807, 2.05) is 19.9 Å². The number of rotatable bonds is 4. The number of aromatic amines is 1. The zero-order chi connectivity index (χ0) is 15.8. The van der Waals surface area contributed by atoms with Crippen LogP contribution in [0, 0.1) is 6.92 Å². The highest BCUT2D eigenvalue weighted by Crippen LogP contribution is 2.17. The first-order chi connectivity index (χ1) is 10.1. The molecule has 2 N–H and O–H groups in total. The molecule has 1 saturated heterocycles. The van der Waals surface area contributed by atoms with Gasteiger partial charge in [0.05, 0.1) is 6.10 Å². The summed E-state index contributed by atoms with van der Waals surface area (Å²) < 4.78 is 0. The minimum absolute atomic E-state index is 0.0970. The molecule has 0 unspecified atom stereocenters. The Morgan fingerprint density at radius 1 is 1.43 bits per heavy atom. The van der Waals surface area contributed by atoms with Gasteiger partial charge in [-0.1, -0.05) is 32.1 Å². The molecule has 1 aromatic heterocycles. The Hall–Kier alpha value is -1.32. The van der Waals surface area contributed by atoms with Gasteiger partial charge in [0.15, 0.2) is 0 Å². The maximum atomic E-state index is 9.51. The van der Waals surface area contributed by atoms with Gasteiger partial charge in [0.1, 0.15) is 0 Å². The van der Waals surface area contributed by atoms with Crippen molar-refractivity contribution < 1.29 is 5.11 Å². The van der Waals surface area contributed by atoms with E-state index < -0.39 is 0 Å². The molecule has 0 radical (unpaired) electrons. The summed E-state index contributed by atoms with van der Waals surface area (Å²) >= 11 is 0. The number of likely N-dealkylation sites (tertiary alicyclic amines) is 1. The average Bonchev–Trinajstić information content (AvgIpc) is 2.83. The second-order valence-corrected chi connectivity index (χ2v) is 5.52. The van der Waals surface area contributed by atoms with E-state index in [-0.39, 0.29) is 6.10 Å². The van der Waals surface area contributed by atoms with Crippen LogP contribution in [0.1, 0.15) is 50.6 Å². The summed E-state index contributed by atoms with van der Waals surface area (Å²) in [5.41, 5.74) is 4.81. The lowest BCUT2D eigenvalue weighted by Gasteiger charge is -2.29. The number of aliphatic hydroxyl groups is 1. The van der Waals surface area contributed by atoms with E-state index in [4.69, 9.17) is 0 Å². The van der Waals surface area contributed by atoms with Crippen molar-refractivity contribution >= 4 is 12.2 Å². The number of nitrogens with zero attached hydrogens (tertiary/aromatic N) is 1. The van der Waals surface area contributed by atoms with Crippen LogP contribution in [-0.2, 0) is 0 Å². The molecule has 118 valence electrons. The van der Waals surface area contributed by atoms with E-state index in [0.29, 0.717) is 0 Å². The Kier molecular flexibility index (Phi) is 7.48. The molecule has 3 nitrogen and oxygen atoms in total. The Balaban J connectivity index is 0.00000106. The molecule has 0 saturated carbocycles. The standard InChI is InChI=1S/C16H24N2O.C2H6/c1-4-16-14(10-13(3)17-16)9-12(2)11-18-7-5-15(19)6-8-18;1-2/h4,9-10,15,17,19H,1,5-8,11H2,2-3H3;1-2H3/b12-9+;. The monoisotopic (exact) mass is 290 g/mol. The van der Waals surface area contributed by atoms with Crippen LogP contribution in [0.15, 0.2) is 18.2 Å². The summed E-state index contributed by atoms with van der Waals surface area (Å²) in [6.45, 7) is 15.0. The molecule has 1 aliphatic heterocycles. The fourth-order valence-electron chi connectivity index (χ4n) is 2.66. The molecule has 21 heavy (non-hydrogen) atoms. The van der Waals surface area contributed by atoms with Gasteiger partial charge in [-0.25, -0.2) is 0 Å². The highest BCUT2D eigenvalue weighted by molar-refractivity contribution is 5.64. The third-order valence-corrected chi connectivity index (χ3v) is 3.65. The van der Waals surface area contributed by atoms with Gasteiger partial charge in [-0.2, -0.15) is 0 Å². The molecular formula is C18H30N2O. The van der Waals surface area contributed by atoms with Crippen LogP contribution in [0.3, 0.4) is 0 Å². The fourth-order valence-corrected chi connectivity index (χ4v) is 2.66. The highest BCUT2D eigenvalue weighted by Gasteiger charge is 2.16. The quantitative estimate of drug-likeness (QED) is 0.884. The van der Waals surface area contributed by atoms with Crippen LogP contribution in [-0.4, -0.2) is 40.7 Å². The van der Waals surface area contributed by atoms with E-state index in [2.05, 4.69) is 42.5 Å².